The van der Waals surface area contributed by atoms with Gasteiger partial charge in [-0.1, -0.05) is 63.4 Å². The molecule has 0 aliphatic heterocycles. The Labute approximate surface area is 137 Å². The Morgan fingerprint density at radius 1 is 1.26 bits per heavy atom. The highest BCUT2D eigenvalue weighted by Gasteiger charge is 2.24. The molecule has 2 atom stereocenters. The molecule has 1 aromatic carbocycles. The molecule has 6 heteroatoms. The maximum absolute atomic E-state index is 12.7. The first-order valence-electron chi connectivity index (χ1n) is 8.31. The van der Waals surface area contributed by atoms with Gasteiger partial charge in [0.25, 0.3) is 0 Å². The lowest BCUT2D eigenvalue weighted by atomic mass is 9.99. The van der Waals surface area contributed by atoms with Crippen LogP contribution >= 0.6 is 0 Å². The fourth-order valence-electron chi connectivity index (χ4n) is 2.63. The summed E-state index contributed by atoms with van der Waals surface area (Å²) in [5.74, 6) is 0.447. The maximum atomic E-state index is 12.7. The number of rotatable bonds is 9. The smallest absolute Gasteiger partial charge is 0.249 e. The third-order valence-corrected chi connectivity index (χ3v) is 4.10. The highest BCUT2D eigenvalue weighted by molar-refractivity contribution is 5.83. The quantitative estimate of drug-likeness (QED) is 0.772. The van der Waals surface area contributed by atoms with Gasteiger partial charge in [-0.3, -0.25) is 4.79 Å². The van der Waals surface area contributed by atoms with Gasteiger partial charge in [-0.2, -0.15) is 0 Å². The molecule has 1 amide bonds. The van der Waals surface area contributed by atoms with Gasteiger partial charge in [-0.15, -0.1) is 5.10 Å². The van der Waals surface area contributed by atoms with E-state index in [1.807, 2.05) is 30.3 Å². The molecule has 0 unspecified atom stereocenters. The number of tetrazole rings is 1. The zero-order chi connectivity index (χ0) is 16.5. The Kier molecular flexibility index (Phi) is 6.72. The molecule has 1 heterocycles. The van der Waals surface area contributed by atoms with Crippen LogP contribution in [0.1, 0.15) is 51.1 Å². The molecule has 0 saturated heterocycles. The third kappa shape index (κ3) is 4.87. The van der Waals surface area contributed by atoms with Crippen molar-refractivity contribution in [1.29, 1.82) is 0 Å². The van der Waals surface area contributed by atoms with Gasteiger partial charge >= 0.3 is 0 Å². The second kappa shape index (κ2) is 9.02. The number of nitrogens with zero attached hydrogens (tertiary/aromatic N) is 4. The number of hydrogen-bond acceptors (Lipinski definition) is 4. The normalized spacial score (nSPS) is 13.5. The predicted molar refractivity (Wildman–Crippen MR) is 88.7 cm³/mol. The van der Waals surface area contributed by atoms with Gasteiger partial charge in [0.1, 0.15) is 6.33 Å². The molecular weight excluding hydrogens is 290 g/mol. The number of hydrogen-bond donors (Lipinski definition) is 1. The third-order valence-electron chi connectivity index (χ3n) is 4.10. The summed E-state index contributed by atoms with van der Waals surface area (Å²) in [5.41, 5.74) is 0.874. The monoisotopic (exact) mass is 315 g/mol. The lowest BCUT2D eigenvalue weighted by Gasteiger charge is -2.20. The van der Waals surface area contributed by atoms with Gasteiger partial charge in [-0.25, -0.2) is 4.68 Å². The van der Waals surface area contributed by atoms with Crippen LogP contribution in [0.3, 0.4) is 0 Å². The van der Waals surface area contributed by atoms with Crippen LogP contribution < -0.4 is 5.32 Å². The lowest BCUT2D eigenvalue weighted by Crippen LogP contribution is -2.36. The van der Waals surface area contributed by atoms with E-state index in [0.717, 1.165) is 18.4 Å². The van der Waals surface area contributed by atoms with E-state index >= 15 is 0 Å². The molecule has 2 aromatic rings. The van der Waals surface area contributed by atoms with Gasteiger partial charge in [0.15, 0.2) is 6.04 Å². The molecule has 0 radical (unpaired) electrons. The molecule has 0 fully saturated rings. The van der Waals surface area contributed by atoms with Crippen LogP contribution in [0.4, 0.5) is 0 Å². The minimum Gasteiger partial charge on any atom is -0.354 e. The molecule has 0 aliphatic rings. The zero-order valence-electron chi connectivity index (χ0n) is 13.9. The Bertz CT molecular complexity index is 570. The summed E-state index contributed by atoms with van der Waals surface area (Å²) in [6.45, 7) is 5.05. The van der Waals surface area contributed by atoms with Crippen molar-refractivity contribution in [3.8, 4) is 0 Å². The molecular formula is C17H25N5O. The van der Waals surface area contributed by atoms with Crippen LogP contribution in [0.2, 0.25) is 0 Å². The topological polar surface area (TPSA) is 72.7 Å². The van der Waals surface area contributed by atoms with E-state index in [-0.39, 0.29) is 5.91 Å². The Morgan fingerprint density at radius 2 is 2.04 bits per heavy atom. The maximum Gasteiger partial charge on any atom is 0.249 e. The molecule has 2 rings (SSSR count). The zero-order valence-corrected chi connectivity index (χ0v) is 13.9. The minimum absolute atomic E-state index is 0.0709. The van der Waals surface area contributed by atoms with Gasteiger partial charge in [0.2, 0.25) is 5.91 Å². The van der Waals surface area contributed by atoms with E-state index in [0.29, 0.717) is 12.5 Å². The molecule has 1 aromatic heterocycles. The summed E-state index contributed by atoms with van der Waals surface area (Å²) in [6.07, 6.45) is 6.08. The SMILES string of the molecule is CCCC[C@H](CC)CNC(=O)[C@@H](c1ccccc1)n1cnnn1. The van der Waals surface area contributed by atoms with Gasteiger partial charge < -0.3 is 5.32 Å². The van der Waals surface area contributed by atoms with Crippen LogP contribution in [0.5, 0.6) is 0 Å². The van der Waals surface area contributed by atoms with Crippen molar-refractivity contribution in [2.75, 3.05) is 6.54 Å². The number of carbonyl (C=O) groups excluding carboxylic acids is 1. The number of nitrogens with one attached hydrogen (secondary N) is 1. The average Bonchev–Trinajstić information content (AvgIpc) is 3.10. The molecule has 0 aliphatic carbocycles. The van der Waals surface area contributed by atoms with E-state index in [1.54, 1.807) is 0 Å². The molecule has 23 heavy (non-hydrogen) atoms. The van der Waals surface area contributed by atoms with Crippen molar-refractivity contribution in [2.24, 2.45) is 5.92 Å². The largest absolute Gasteiger partial charge is 0.354 e. The van der Waals surface area contributed by atoms with Gasteiger partial charge in [0.05, 0.1) is 0 Å². The molecule has 124 valence electrons. The molecule has 1 N–H and O–H groups in total. The Hall–Kier alpha value is -2.24. The Balaban J connectivity index is 2.06. The van der Waals surface area contributed by atoms with Crippen molar-refractivity contribution in [3.05, 3.63) is 42.2 Å². The first kappa shape index (κ1) is 17.1. The summed E-state index contributed by atoms with van der Waals surface area (Å²) in [7, 11) is 0. The van der Waals surface area contributed by atoms with Crippen molar-refractivity contribution in [3.63, 3.8) is 0 Å². The summed E-state index contributed by atoms with van der Waals surface area (Å²) in [4.78, 5) is 12.7. The van der Waals surface area contributed by atoms with Crippen molar-refractivity contribution in [1.82, 2.24) is 25.5 Å². The lowest BCUT2D eigenvalue weighted by molar-refractivity contribution is -0.123. The summed E-state index contributed by atoms with van der Waals surface area (Å²) in [5, 5.41) is 14.3. The predicted octanol–water partition coefficient (Wildman–Crippen LogP) is 2.60. The fourth-order valence-corrected chi connectivity index (χ4v) is 2.63. The van der Waals surface area contributed by atoms with Crippen molar-refractivity contribution in [2.45, 2.75) is 45.6 Å². The Morgan fingerprint density at radius 3 is 2.65 bits per heavy atom. The minimum atomic E-state index is -0.533. The van der Waals surface area contributed by atoms with Gasteiger partial charge in [0, 0.05) is 6.54 Å². The van der Waals surface area contributed by atoms with E-state index < -0.39 is 6.04 Å². The fraction of sp³-hybridized carbons (Fsp3) is 0.529. The summed E-state index contributed by atoms with van der Waals surface area (Å²) >= 11 is 0. The molecule has 0 spiro atoms. The standard InChI is InChI=1S/C17H25N5O/c1-3-5-9-14(4-2)12-18-17(23)16(22-13-19-20-21-22)15-10-7-6-8-11-15/h6-8,10-11,13-14,16H,3-5,9,12H2,1-2H3,(H,18,23)/t14-,16+/m0/s1. The van der Waals surface area contributed by atoms with E-state index in [1.165, 1.54) is 23.9 Å². The van der Waals surface area contributed by atoms with Crippen molar-refractivity contribution >= 4 is 5.91 Å². The van der Waals surface area contributed by atoms with E-state index in [4.69, 9.17) is 0 Å². The van der Waals surface area contributed by atoms with Gasteiger partial charge in [-0.05, 0) is 28.3 Å². The molecule has 0 saturated carbocycles. The number of amides is 1. The highest BCUT2D eigenvalue weighted by Crippen LogP contribution is 2.17. The highest BCUT2D eigenvalue weighted by atomic mass is 16.2. The van der Waals surface area contributed by atoms with Crippen LogP contribution in [0, 0.1) is 5.92 Å². The second-order valence-electron chi connectivity index (χ2n) is 5.76. The van der Waals surface area contributed by atoms with E-state index in [9.17, 15) is 4.79 Å². The van der Waals surface area contributed by atoms with E-state index in [2.05, 4.69) is 34.7 Å². The first-order valence-corrected chi connectivity index (χ1v) is 8.31. The number of benzene rings is 1. The first-order chi connectivity index (χ1) is 11.3. The summed E-state index contributed by atoms with van der Waals surface area (Å²) < 4.78 is 1.50. The van der Waals surface area contributed by atoms with Crippen molar-refractivity contribution < 1.29 is 4.79 Å². The number of carbonyl (C=O) groups is 1. The number of unbranched alkanes of at least 4 members (excludes halogenated alkanes) is 1. The average molecular weight is 315 g/mol. The molecule has 6 nitrogen and oxygen atoms in total. The second-order valence-corrected chi connectivity index (χ2v) is 5.76. The van der Waals surface area contributed by atoms with Crippen LogP contribution in [0.25, 0.3) is 0 Å². The summed E-state index contributed by atoms with van der Waals surface area (Å²) in [6, 6.07) is 9.05. The number of aromatic nitrogens is 4. The van der Waals surface area contributed by atoms with Crippen LogP contribution in [0.15, 0.2) is 36.7 Å². The van der Waals surface area contributed by atoms with Crippen LogP contribution in [-0.4, -0.2) is 32.7 Å². The van der Waals surface area contributed by atoms with Crippen LogP contribution in [-0.2, 0) is 4.79 Å². The molecule has 0 bridgehead atoms.